The first-order valence-corrected chi connectivity index (χ1v) is 13.3. The van der Waals surface area contributed by atoms with Gasteiger partial charge in [-0.05, 0) is 6.42 Å². The Labute approximate surface area is 206 Å². The van der Waals surface area contributed by atoms with Crippen molar-refractivity contribution >= 4 is 11.8 Å². The van der Waals surface area contributed by atoms with Crippen molar-refractivity contribution in [1.29, 1.82) is 0 Å². The fraction of sp³-hybridized carbons (Fsp3) is 0.923. The molecule has 0 spiro atoms. The quantitative estimate of drug-likeness (QED) is 0.125. The molecule has 0 aromatic carbocycles. The van der Waals surface area contributed by atoms with E-state index in [1.807, 2.05) is 0 Å². The molecule has 0 heterocycles. The molecular weight excluding hydrogens is 440 g/mol. The van der Waals surface area contributed by atoms with Gasteiger partial charge in [0.05, 0.1) is 6.61 Å². The van der Waals surface area contributed by atoms with E-state index in [2.05, 4.69) is 6.92 Å². The third kappa shape index (κ3) is 21.5. The summed E-state index contributed by atoms with van der Waals surface area (Å²) in [6.07, 6.45) is 13.4. The van der Waals surface area contributed by atoms with E-state index in [-0.39, 0.29) is 6.42 Å². The Kier molecular flexibility index (Phi) is 25.9. The number of carboxylic acids is 1. The van der Waals surface area contributed by atoms with E-state index in [4.69, 9.17) is 25.5 Å². The first kappa shape index (κ1) is 35.1. The predicted molar refractivity (Wildman–Crippen MR) is 134 cm³/mol. The smallest absolute Gasteiger partial charge is 0.303 e. The second-order valence-corrected chi connectivity index (χ2v) is 9.09. The zero-order valence-corrected chi connectivity index (χ0v) is 21.5. The molecule has 0 bridgehead atoms. The molecule has 0 aromatic rings. The van der Waals surface area contributed by atoms with Crippen LogP contribution in [0.15, 0.2) is 0 Å². The van der Waals surface area contributed by atoms with Crippen molar-refractivity contribution in [3.05, 3.63) is 0 Å². The molecular formula is C26H52O8. The van der Waals surface area contributed by atoms with Crippen molar-refractivity contribution in [2.24, 2.45) is 0 Å². The molecule has 8 nitrogen and oxygen atoms in total. The van der Waals surface area contributed by atoms with E-state index in [9.17, 15) is 14.7 Å². The molecule has 8 heteroatoms. The molecule has 0 aliphatic heterocycles. The first-order valence-electron chi connectivity index (χ1n) is 13.3. The summed E-state index contributed by atoms with van der Waals surface area (Å²) in [4.78, 5) is 21.2. The second-order valence-electron chi connectivity index (χ2n) is 9.09. The Bertz CT molecular complexity index is 472. The van der Waals surface area contributed by atoms with E-state index in [0.717, 1.165) is 12.8 Å². The number of rotatable bonds is 22. The maximum Gasteiger partial charge on any atom is 0.303 e. The summed E-state index contributed by atoms with van der Waals surface area (Å²) >= 11 is 0. The van der Waals surface area contributed by atoms with Gasteiger partial charge < -0.3 is 30.6 Å². The minimum Gasteiger partial charge on any atom is -0.481 e. The predicted octanol–water partition coefficient (Wildman–Crippen LogP) is 3.73. The summed E-state index contributed by atoms with van der Waals surface area (Å²) in [6.45, 7) is 3.00. The minimum atomic E-state index is -1.79. The first-order chi connectivity index (χ1) is 16.2. The van der Waals surface area contributed by atoms with Gasteiger partial charge in [-0.3, -0.25) is 9.59 Å². The van der Waals surface area contributed by atoms with Crippen LogP contribution in [0.2, 0.25) is 0 Å². The van der Waals surface area contributed by atoms with Gasteiger partial charge >= 0.3 is 5.97 Å². The van der Waals surface area contributed by atoms with E-state index >= 15 is 0 Å². The fourth-order valence-corrected chi connectivity index (χ4v) is 3.57. The third-order valence-corrected chi connectivity index (χ3v) is 5.93. The van der Waals surface area contributed by atoms with E-state index < -0.39 is 42.8 Å². The van der Waals surface area contributed by atoms with Crippen LogP contribution < -0.4 is 0 Å². The zero-order valence-electron chi connectivity index (χ0n) is 21.5. The van der Waals surface area contributed by atoms with E-state index in [0.29, 0.717) is 6.42 Å². The number of hydrogen-bond donors (Lipinski definition) is 6. The van der Waals surface area contributed by atoms with Crippen LogP contribution in [-0.4, -0.2) is 73.4 Å². The van der Waals surface area contributed by atoms with Crippen LogP contribution in [-0.2, 0) is 9.59 Å². The highest BCUT2D eigenvalue weighted by Gasteiger charge is 2.33. The second kappa shape index (κ2) is 25.0. The monoisotopic (exact) mass is 492 g/mol. The van der Waals surface area contributed by atoms with Gasteiger partial charge in [-0.15, -0.1) is 0 Å². The van der Waals surface area contributed by atoms with Gasteiger partial charge in [0.25, 0.3) is 0 Å². The number of carboxylic acid groups (broad SMARTS) is 1. The Morgan fingerprint density at radius 3 is 1.32 bits per heavy atom. The van der Waals surface area contributed by atoms with Gasteiger partial charge in [-0.1, -0.05) is 104 Å². The number of hydrogen-bond acceptors (Lipinski definition) is 7. The maximum atomic E-state index is 10.9. The molecule has 34 heavy (non-hydrogen) atoms. The van der Waals surface area contributed by atoms with Crippen molar-refractivity contribution in [3.63, 3.8) is 0 Å². The van der Waals surface area contributed by atoms with E-state index in [1.165, 1.54) is 90.4 Å². The van der Waals surface area contributed by atoms with Gasteiger partial charge in [-0.2, -0.15) is 0 Å². The summed E-state index contributed by atoms with van der Waals surface area (Å²) in [7, 11) is 0. The summed E-state index contributed by atoms with van der Waals surface area (Å²) in [5, 5.41) is 53.4. The highest BCUT2D eigenvalue weighted by molar-refractivity contribution is 5.83. The van der Waals surface area contributed by atoms with Crippen LogP contribution in [0.4, 0.5) is 0 Å². The zero-order chi connectivity index (χ0) is 26.2. The standard InChI is InChI=1S/C18H36O2.C8H16O6/c1-2-3-4-5-6-7-8-9-10-11-12-13-14-15-16-17-18(19)20;1-2-4(10)6(12)8(14)7(13)5(11)3-9/h2-17H2,1H3,(H,19,20);5-9,11-14H,2-3H2,1H3. The summed E-state index contributed by atoms with van der Waals surface area (Å²) in [5.74, 6) is -1.29. The van der Waals surface area contributed by atoms with Gasteiger partial charge in [0.2, 0.25) is 0 Å². The molecule has 4 unspecified atom stereocenters. The number of Topliss-reactive ketones (excluding diaryl/α,β-unsaturated/α-hetero) is 1. The average molecular weight is 493 g/mol. The van der Waals surface area contributed by atoms with Gasteiger partial charge in [-0.25, -0.2) is 0 Å². The van der Waals surface area contributed by atoms with Crippen molar-refractivity contribution in [3.8, 4) is 0 Å². The average Bonchev–Trinajstić information content (AvgIpc) is 2.84. The summed E-state index contributed by atoms with van der Waals surface area (Å²) < 4.78 is 0. The van der Waals surface area contributed by atoms with Crippen molar-refractivity contribution < 1.29 is 40.2 Å². The lowest BCUT2D eigenvalue weighted by Gasteiger charge is -2.24. The number of carbonyl (C=O) groups is 2. The lowest BCUT2D eigenvalue weighted by molar-refractivity contribution is -0.146. The number of aliphatic hydroxyl groups is 5. The number of unbranched alkanes of at least 4 members (excludes halogenated alkanes) is 14. The van der Waals surface area contributed by atoms with Crippen LogP contribution >= 0.6 is 0 Å². The van der Waals surface area contributed by atoms with E-state index in [1.54, 1.807) is 0 Å². The Morgan fingerprint density at radius 1 is 0.618 bits per heavy atom. The minimum absolute atomic E-state index is 0.0141. The summed E-state index contributed by atoms with van der Waals surface area (Å²) in [6, 6.07) is 0. The molecule has 0 aromatic heterocycles. The largest absolute Gasteiger partial charge is 0.481 e. The molecule has 0 fully saturated rings. The van der Waals surface area contributed by atoms with Crippen molar-refractivity contribution in [1.82, 2.24) is 0 Å². The van der Waals surface area contributed by atoms with Crippen LogP contribution in [0, 0.1) is 0 Å². The van der Waals surface area contributed by atoms with Crippen LogP contribution in [0.25, 0.3) is 0 Å². The molecule has 0 saturated carbocycles. The molecule has 6 N–H and O–H groups in total. The fourth-order valence-electron chi connectivity index (χ4n) is 3.57. The number of carbonyl (C=O) groups excluding carboxylic acids is 1. The topological polar surface area (TPSA) is 156 Å². The molecule has 0 radical (unpaired) electrons. The molecule has 0 amide bonds. The third-order valence-electron chi connectivity index (χ3n) is 5.93. The van der Waals surface area contributed by atoms with Gasteiger partial charge in [0.1, 0.15) is 24.4 Å². The molecule has 204 valence electrons. The van der Waals surface area contributed by atoms with Crippen LogP contribution in [0.1, 0.15) is 123 Å². The van der Waals surface area contributed by atoms with Gasteiger partial charge in [0.15, 0.2) is 5.78 Å². The Balaban J connectivity index is 0. The van der Waals surface area contributed by atoms with Crippen molar-refractivity contribution in [2.75, 3.05) is 6.61 Å². The Morgan fingerprint density at radius 2 is 1.00 bits per heavy atom. The molecule has 0 aliphatic rings. The summed E-state index contributed by atoms with van der Waals surface area (Å²) in [5.41, 5.74) is 0. The molecule has 0 rings (SSSR count). The highest BCUT2D eigenvalue weighted by atomic mass is 16.4. The SMILES string of the molecule is CCC(=O)C(O)C(O)C(O)C(O)CO.CCCCCCCCCCCCCCCCCC(=O)O. The van der Waals surface area contributed by atoms with Crippen LogP contribution in [0.3, 0.4) is 0 Å². The number of aliphatic carboxylic acids is 1. The Hall–Kier alpha value is -1.06. The maximum absolute atomic E-state index is 10.9. The number of ketones is 1. The molecule has 0 aliphatic carbocycles. The van der Waals surface area contributed by atoms with Crippen LogP contribution in [0.5, 0.6) is 0 Å². The number of aliphatic hydroxyl groups excluding tert-OH is 5. The van der Waals surface area contributed by atoms with Crippen molar-refractivity contribution in [2.45, 2.75) is 147 Å². The van der Waals surface area contributed by atoms with Gasteiger partial charge in [0, 0.05) is 12.8 Å². The lowest BCUT2D eigenvalue weighted by Crippen LogP contribution is -2.48. The molecule has 4 atom stereocenters. The lowest BCUT2D eigenvalue weighted by atomic mass is 9.99. The highest BCUT2D eigenvalue weighted by Crippen LogP contribution is 2.13. The normalized spacial score (nSPS) is 14.6. The molecule has 0 saturated heterocycles.